The Morgan fingerprint density at radius 3 is 2.62 bits per heavy atom. The Morgan fingerprint density at radius 1 is 1.09 bits per heavy atom. The number of sulfonamides is 1. The summed E-state index contributed by atoms with van der Waals surface area (Å²) in [5.41, 5.74) is 0.794. The number of carbonyl (C=O) groups is 1. The van der Waals surface area contributed by atoms with Gasteiger partial charge in [0.15, 0.2) is 4.80 Å². The van der Waals surface area contributed by atoms with Crippen molar-refractivity contribution in [2.45, 2.75) is 18.4 Å². The zero-order valence-corrected chi connectivity index (χ0v) is 19.9. The van der Waals surface area contributed by atoms with E-state index in [4.69, 9.17) is 4.74 Å². The van der Waals surface area contributed by atoms with Crippen molar-refractivity contribution in [1.29, 1.82) is 0 Å². The first-order chi connectivity index (χ1) is 16.4. The predicted molar refractivity (Wildman–Crippen MR) is 130 cm³/mol. The third-order valence-corrected chi connectivity index (χ3v) is 7.37. The second-order valence-electron chi connectivity index (χ2n) is 7.24. The number of amides is 1. The highest BCUT2D eigenvalue weighted by atomic mass is 32.2. The number of para-hydroxylation sites is 1. The highest BCUT2D eigenvalue weighted by molar-refractivity contribution is 7.92. The number of hydrogen-bond donors (Lipinski definition) is 1. The third kappa shape index (κ3) is 5.24. The number of benzene rings is 3. The number of fused-ring (bicyclic) bond motifs is 1. The first kappa shape index (κ1) is 23.8. The first-order valence-electron chi connectivity index (χ1n) is 10.5. The fourth-order valence-corrected chi connectivity index (χ4v) is 5.50. The number of nitrogens with one attached hydrogen (secondary N) is 1. The van der Waals surface area contributed by atoms with Crippen LogP contribution in [0.2, 0.25) is 0 Å². The number of carbonyl (C=O) groups excluding carboxylic acids is 1. The van der Waals surface area contributed by atoms with E-state index in [1.807, 2.05) is 6.92 Å². The van der Waals surface area contributed by atoms with E-state index in [0.29, 0.717) is 34.8 Å². The van der Waals surface area contributed by atoms with Crippen LogP contribution in [0.15, 0.2) is 82.7 Å². The molecular weight excluding hydrogens is 477 g/mol. The van der Waals surface area contributed by atoms with E-state index in [1.165, 1.54) is 35.6 Å². The molecule has 3 aromatic carbocycles. The SMILES string of the molecule is CCOCCn1c(=NC(=O)c2cccc(NS(=O)(=O)c3ccccc3)c2)sc2cccc(F)c21. The summed E-state index contributed by atoms with van der Waals surface area (Å²) in [6.45, 7) is 3.06. The Balaban J connectivity index is 1.67. The molecule has 0 saturated heterocycles. The lowest BCUT2D eigenvalue weighted by atomic mass is 10.2. The largest absolute Gasteiger partial charge is 0.380 e. The minimum absolute atomic E-state index is 0.110. The zero-order valence-electron chi connectivity index (χ0n) is 18.3. The van der Waals surface area contributed by atoms with E-state index < -0.39 is 21.7 Å². The van der Waals surface area contributed by atoms with Crippen LogP contribution in [0.4, 0.5) is 10.1 Å². The van der Waals surface area contributed by atoms with E-state index in [-0.39, 0.29) is 16.1 Å². The topological polar surface area (TPSA) is 89.8 Å². The van der Waals surface area contributed by atoms with Gasteiger partial charge in [-0.05, 0) is 49.4 Å². The number of hydrogen-bond acceptors (Lipinski definition) is 5. The van der Waals surface area contributed by atoms with E-state index in [1.54, 1.807) is 53.1 Å². The summed E-state index contributed by atoms with van der Waals surface area (Å²) in [7, 11) is -3.81. The average molecular weight is 500 g/mol. The Hall–Kier alpha value is -3.34. The Bertz CT molecular complexity index is 1500. The molecule has 1 N–H and O–H groups in total. The summed E-state index contributed by atoms with van der Waals surface area (Å²) < 4.78 is 49.9. The molecule has 0 aliphatic heterocycles. The van der Waals surface area contributed by atoms with Gasteiger partial charge in [0.1, 0.15) is 5.82 Å². The lowest BCUT2D eigenvalue weighted by molar-refractivity contribution is 0.0996. The highest BCUT2D eigenvalue weighted by Gasteiger charge is 2.16. The molecule has 1 amide bonds. The van der Waals surface area contributed by atoms with Crippen LogP contribution in [0.5, 0.6) is 0 Å². The van der Waals surface area contributed by atoms with Crippen LogP contribution in [-0.2, 0) is 21.3 Å². The van der Waals surface area contributed by atoms with Crippen molar-refractivity contribution < 1.29 is 22.3 Å². The van der Waals surface area contributed by atoms with Crippen molar-refractivity contribution in [3.8, 4) is 0 Å². The maximum absolute atomic E-state index is 14.5. The normalized spacial score (nSPS) is 12.2. The van der Waals surface area contributed by atoms with Crippen LogP contribution in [0.3, 0.4) is 0 Å². The maximum atomic E-state index is 14.5. The van der Waals surface area contributed by atoms with Gasteiger partial charge >= 0.3 is 0 Å². The molecular formula is C24H22FN3O4S2. The molecule has 4 rings (SSSR count). The molecule has 0 aliphatic rings. The molecule has 10 heteroatoms. The molecule has 7 nitrogen and oxygen atoms in total. The lowest BCUT2D eigenvalue weighted by Gasteiger charge is -2.09. The standard InChI is InChI=1S/C24H22FN3O4S2/c1-2-32-15-14-28-22-20(25)12-7-13-21(22)33-24(28)26-23(29)17-8-6-9-18(16-17)27-34(30,31)19-10-4-3-5-11-19/h3-13,16,27H,2,14-15H2,1H3. The lowest BCUT2D eigenvalue weighted by Crippen LogP contribution is -2.20. The van der Waals surface area contributed by atoms with Crippen molar-refractivity contribution in [3.05, 3.63) is 89.0 Å². The van der Waals surface area contributed by atoms with Crippen LogP contribution in [0, 0.1) is 5.82 Å². The summed E-state index contributed by atoms with van der Waals surface area (Å²) in [5, 5.41) is 0. The number of nitrogens with zero attached hydrogens (tertiary/aromatic N) is 2. The fraction of sp³-hybridized carbons (Fsp3) is 0.167. The number of halogens is 1. The molecule has 0 bridgehead atoms. The average Bonchev–Trinajstić information content (AvgIpc) is 3.18. The van der Waals surface area contributed by atoms with Gasteiger partial charge in [-0.1, -0.05) is 41.7 Å². The van der Waals surface area contributed by atoms with E-state index >= 15 is 0 Å². The third-order valence-electron chi connectivity index (χ3n) is 4.93. The number of rotatable bonds is 8. The molecule has 4 aromatic rings. The molecule has 34 heavy (non-hydrogen) atoms. The van der Waals surface area contributed by atoms with Crippen molar-refractivity contribution in [2.24, 2.45) is 4.99 Å². The molecule has 0 unspecified atom stereocenters. The van der Waals surface area contributed by atoms with Gasteiger partial charge in [0, 0.05) is 24.4 Å². The van der Waals surface area contributed by atoms with Gasteiger partial charge < -0.3 is 9.30 Å². The first-order valence-corrected chi connectivity index (χ1v) is 12.8. The van der Waals surface area contributed by atoms with Gasteiger partial charge in [0.2, 0.25) is 0 Å². The molecule has 0 saturated carbocycles. The Kier molecular flexibility index (Phi) is 7.20. The molecule has 0 radical (unpaired) electrons. The van der Waals surface area contributed by atoms with Crippen molar-refractivity contribution >= 4 is 43.2 Å². The minimum Gasteiger partial charge on any atom is -0.380 e. The Labute approximate surface area is 200 Å². The smallest absolute Gasteiger partial charge is 0.279 e. The monoisotopic (exact) mass is 499 g/mol. The summed E-state index contributed by atoms with van der Waals surface area (Å²) in [6, 6.07) is 18.8. The Morgan fingerprint density at radius 2 is 1.85 bits per heavy atom. The summed E-state index contributed by atoms with van der Waals surface area (Å²) in [5.74, 6) is -0.977. The number of aromatic nitrogens is 1. The minimum atomic E-state index is -3.81. The van der Waals surface area contributed by atoms with Crippen LogP contribution in [0.1, 0.15) is 17.3 Å². The molecule has 0 fully saturated rings. The van der Waals surface area contributed by atoms with Gasteiger partial charge in [-0.25, -0.2) is 12.8 Å². The summed E-state index contributed by atoms with van der Waals surface area (Å²) >= 11 is 1.20. The highest BCUT2D eigenvalue weighted by Crippen LogP contribution is 2.21. The van der Waals surface area contributed by atoms with Gasteiger partial charge in [0.25, 0.3) is 15.9 Å². The summed E-state index contributed by atoms with van der Waals surface area (Å²) in [6.07, 6.45) is 0. The van der Waals surface area contributed by atoms with Crippen LogP contribution >= 0.6 is 11.3 Å². The number of ether oxygens (including phenoxy) is 1. The van der Waals surface area contributed by atoms with Crippen LogP contribution in [0.25, 0.3) is 10.2 Å². The van der Waals surface area contributed by atoms with E-state index in [2.05, 4.69) is 9.71 Å². The zero-order chi connectivity index (χ0) is 24.1. The molecule has 176 valence electrons. The molecule has 0 atom stereocenters. The second-order valence-corrected chi connectivity index (χ2v) is 9.93. The number of anilines is 1. The van der Waals surface area contributed by atoms with Crippen molar-refractivity contribution in [3.63, 3.8) is 0 Å². The van der Waals surface area contributed by atoms with Gasteiger partial charge in [-0.3, -0.25) is 9.52 Å². The van der Waals surface area contributed by atoms with Crippen molar-refractivity contribution in [2.75, 3.05) is 17.9 Å². The fourth-order valence-electron chi connectivity index (χ4n) is 3.36. The molecule has 0 aliphatic carbocycles. The predicted octanol–water partition coefficient (Wildman–Crippen LogP) is 4.42. The molecule has 1 heterocycles. The van der Waals surface area contributed by atoms with Gasteiger partial charge in [0.05, 0.1) is 21.7 Å². The molecule has 1 aromatic heterocycles. The van der Waals surface area contributed by atoms with Gasteiger partial charge in [-0.2, -0.15) is 4.99 Å². The summed E-state index contributed by atoms with van der Waals surface area (Å²) in [4.78, 5) is 17.6. The number of thiazole rings is 1. The van der Waals surface area contributed by atoms with E-state index in [9.17, 15) is 17.6 Å². The van der Waals surface area contributed by atoms with Gasteiger partial charge in [-0.15, -0.1) is 0 Å². The van der Waals surface area contributed by atoms with Crippen LogP contribution in [-0.4, -0.2) is 32.1 Å². The quantitative estimate of drug-likeness (QED) is 0.364. The van der Waals surface area contributed by atoms with Crippen molar-refractivity contribution in [1.82, 2.24) is 4.57 Å². The van der Waals surface area contributed by atoms with Crippen LogP contribution < -0.4 is 9.52 Å². The second kappa shape index (κ2) is 10.3. The van der Waals surface area contributed by atoms with E-state index in [0.717, 1.165) is 0 Å². The molecule has 0 spiro atoms. The maximum Gasteiger partial charge on any atom is 0.279 e.